The van der Waals surface area contributed by atoms with Crippen LogP contribution in [-0.2, 0) is 4.79 Å². The van der Waals surface area contributed by atoms with E-state index in [0.717, 1.165) is 11.9 Å². The zero-order valence-corrected chi connectivity index (χ0v) is 8.87. The summed E-state index contributed by atoms with van der Waals surface area (Å²) in [6.07, 6.45) is 8.57. The number of hydrogen-bond donors (Lipinski definition) is 0. The Morgan fingerprint density at radius 3 is 2.08 bits per heavy atom. The molecule has 72 valence electrons. The lowest BCUT2D eigenvalue weighted by Gasteiger charge is -2.01. The third kappa shape index (κ3) is 6.09. The smallest absolute Gasteiger partial charge is 0.145 e. The standard InChI is InChI=1S/C12H18O/c1-10(2)12(4)8-6-5-7-11(3)9-13/h5-10H,1-4H3/b6-5+,11-7+,12-8+. The van der Waals surface area contributed by atoms with E-state index in [0.29, 0.717) is 5.92 Å². The van der Waals surface area contributed by atoms with Gasteiger partial charge in [0.2, 0.25) is 0 Å². The quantitative estimate of drug-likeness (QED) is 0.367. The van der Waals surface area contributed by atoms with Crippen LogP contribution < -0.4 is 0 Å². The maximum atomic E-state index is 10.2. The van der Waals surface area contributed by atoms with Gasteiger partial charge in [-0.1, -0.05) is 43.7 Å². The summed E-state index contributed by atoms with van der Waals surface area (Å²) in [6, 6.07) is 0. The Hall–Kier alpha value is -1.11. The van der Waals surface area contributed by atoms with Gasteiger partial charge in [-0.05, 0) is 25.3 Å². The molecule has 1 nitrogen and oxygen atoms in total. The first-order valence-electron chi connectivity index (χ1n) is 4.55. The van der Waals surface area contributed by atoms with Crippen LogP contribution >= 0.6 is 0 Å². The molecule has 0 unspecified atom stereocenters. The minimum Gasteiger partial charge on any atom is -0.298 e. The summed E-state index contributed by atoms with van der Waals surface area (Å²) in [5.41, 5.74) is 2.08. The summed E-state index contributed by atoms with van der Waals surface area (Å²) in [5.74, 6) is 0.584. The SMILES string of the molecule is C\C(C=O)=C/C=C/C=C(\C)C(C)C. The van der Waals surface area contributed by atoms with Crippen molar-refractivity contribution in [2.75, 3.05) is 0 Å². The number of rotatable bonds is 4. The second-order valence-corrected chi connectivity index (χ2v) is 3.48. The van der Waals surface area contributed by atoms with Gasteiger partial charge in [0.15, 0.2) is 0 Å². The minimum atomic E-state index is 0.584. The number of allylic oxidation sites excluding steroid dienone is 6. The summed E-state index contributed by atoms with van der Waals surface area (Å²) < 4.78 is 0. The molecule has 0 saturated carbocycles. The average molecular weight is 178 g/mol. The molecule has 0 aliphatic heterocycles. The third-order valence-electron chi connectivity index (χ3n) is 1.93. The maximum absolute atomic E-state index is 10.2. The lowest BCUT2D eigenvalue weighted by atomic mass is 10.1. The molecular formula is C12H18O. The van der Waals surface area contributed by atoms with E-state index in [1.807, 2.05) is 12.2 Å². The van der Waals surface area contributed by atoms with Crippen molar-refractivity contribution in [2.45, 2.75) is 27.7 Å². The summed E-state index contributed by atoms with van der Waals surface area (Å²) in [7, 11) is 0. The molecule has 1 heteroatoms. The topological polar surface area (TPSA) is 17.1 Å². The molecule has 13 heavy (non-hydrogen) atoms. The Morgan fingerprint density at radius 1 is 1.08 bits per heavy atom. The fourth-order valence-corrected chi connectivity index (χ4v) is 0.646. The first-order chi connectivity index (χ1) is 6.07. The van der Waals surface area contributed by atoms with Crippen molar-refractivity contribution >= 4 is 6.29 Å². The molecule has 0 heterocycles. The largest absolute Gasteiger partial charge is 0.298 e. The lowest BCUT2D eigenvalue weighted by Crippen LogP contribution is -1.86. The van der Waals surface area contributed by atoms with Gasteiger partial charge in [0, 0.05) is 0 Å². The number of hydrogen-bond acceptors (Lipinski definition) is 1. The molecule has 0 radical (unpaired) electrons. The van der Waals surface area contributed by atoms with Gasteiger partial charge in [-0.15, -0.1) is 0 Å². The van der Waals surface area contributed by atoms with Gasteiger partial charge in [0.05, 0.1) is 0 Å². The molecule has 0 amide bonds. The van der Waals surface area contributed by atoms with Crippen molar-refractivity contribution in [1.29, 1.82) is 0 Å². The molecule has 0 aliphatic carbocycles. The Kier molecular flexibility index (Phi) is 5.86. The summed E-state index contributed by atoms with van der Waals surface area (Å²) in [6.45, 7) is 8.21. The normalized spacial score (nSPS) is 14.2. The second kappa shape index (κ2) is 6.41. The zero-order chi connectivity index (χ0) is 10.3. The Labute approximate surface area is 80.8 Å². The lowest BCUT2D eigenvalue weighted by molar-refractivity contribution is -0.104. The van der Waals surface area contributed by atoms with E-state index >= 15 is 0 Å². The Bertz CT molecular complexity index is 242. The van der Waals surface area contributed by atoms with Crippen molar-refractivity contribution in [2.24, 2.45) is 5.92 Å². The van der Waals surface area contributed by atoms with Crippen LogP contribution in [0.2, 0.25) is 0 Å². The fraction of sp³-hybridized carbons (Fsp3) is 0.417. The third-order valence-corrected chi connectivity index (χ3v) is 1.93. The van der Waals surface area contributed by atoms with E-state index < -0.39 is 0 Å². The van der Waals surface area contributed by atoms with Crippen LogP contribution in [0.3, 0.4) is 0 Å². The fourth-order valence-electron chi connectivity index (χ4n) is 0.646. The first-order valence-corrected chi connectivity index (χ1v) is 4.55. The highest BCUT2D eigenvalue weighted by Gasteiger charge is 1.91. The molecule has 0 saturated heterocycles. The van der Waals surface area contributed by atoms with Crippen LogP contribution in [0.1, 0.15) is 27.7 Å². The van der Waals surface area contributed by atoms with Crippen LogP contribution in [-0.4, -0.2) is 6.29 Å². The van der Waals surface area contributed by atoms with Crippen molar-refractivity contribution in [1.82, 2.24) is 0 Å². The van der Waals surface area contributed by atoms with Crippen LogP contribution in [0.15, 0.2) is 35.5 Å². The van der Waals surface area contributed by atoms with Crippen LogP contribution in [0.4, 0.5) is 0 Å². The maximum Gasteiger partial charge on any atom is 0.145 e. The predicted molar refractivity (Wildman–Crippen MR) is 57.6 cm³/mol. The van der Waals surface area contributed by atoms with Crippen molar-refractivity contribution < 1.29 is 4.79 Å². The Morgan fingerprint density at radius 2 is 1.62 bits per heavy atom. The van der Waals surface area contributed by atoms with E-state index in [9.17, 15) is 4.79 Å². The Balaban J connectivity index is 4.15. The second-order valence-electron chi connectivity index (χ2n) is 3.48. The zero-order valence-electron chi connectivity index (χ0n) is 8.87. The molecule has 0 spiro atoms. The highest BCUT2D eigenvalue weighted by molar-refractivity contribution is 5.72. The molecular weight excluding hydrogens is 160 g/mol. The van der Waals surface area contributed by atoms with E-state index in [1.54, 1.807) is 13.0 Å². The van der Waals surface area contributed by atoms with Gasteiger partial charge < -0.3 is 0 Å². The van der Waals surface area contributed by atoms with Crippen LogP contribution in [0.5, 0.6) is 0 Å². The molecule has 0 rings (SSSR count). The average Bonchev–Trinajstić information content (AvgIpc) is 2.11. The van der Waals surface area contributed by atoms with E-state index in [4.69, 9.17) is 0 Å². The van der Waals surface area contributed by atoms with Gasteiger partial charge in [0.25, 0.3) is 0 Å². The molecule has 0 aromatic carbocycles. The van der Waals surface area contributed by atoms with Crippen LogP contribution in [0, 0.1) is 5.92 Å². The van der Waals surface area contributed by atoms with Gasteiger partial charge in [-0.2, -0.15) is 0 Å². The minimum absolute atomic E-state index is 0.584. The van der Waals surface area contributed by atoms with Gasteiger partial charge in [-0.25, -0.2) is 0 Å². The molecule has 0 aromatic heterocycles. The summed E-state index contributed by atoms with van der Waals surface area (Å²) in [4.78, 5) is 10.2. The van der Waals surface area contributed by atoms with Crippen molar-refractivity contribution in [3.63, 3.8) is 0 Å². The molecule has 0 atom stereocenters. The van der Waals surface area contributed by atoms with Gasteiger partial charge >= 0.3 is 0 Å². The highest BCUT2D eigenvalue weighted by Crippen LogP contribution is 2.07. The van der Waals surface area contributed by atoms with Crippen LogP contribution in [0.25, 0.3) is 0 Å². The van der Waals surface area contributed by atoms with E-state index in [-0.39, 0.29) is 0 Å². The monoisotopic (exact) mass is 178 g/mol. The first kappa shape index (κ1) is 11.9. The van der Waals surface area contributed by atoms with Crippen molar-refractivity contribution in [3.8, 4) is 0 Å². The molecule has 0 N–H and O–H groups in total. The van der Waals surface area contributed by atoms with Crippen molar-refractivity contribution in [3.05, 3.63) is 35.5 Å². The van der Waals surface area contributed by atoms with Gasteiger partial charge in [0.1, 0.15) is 6.29 Å². The van der Waals surface area contributed by atoms with E-state index in [1.165, 1.54) is 5.57 Å². The number of carbonyl (C=O) groups is 1. The number of carbonyl (C=O) groups excluding carboxylic acids is 1. The highest BCUT2D eigenvalue weighted by atomic mass is 16.1. The molecule has 0 aliphatic rings. The molecule has 0 aromatic rings. The predicted octanol–water partition coefficient (Wildman–Crippen LogP) is 3.29. The number of aldehydes is 1. The van der Waals surface area contributed by atoms with E-state index in [2.05, 4.69) is 26.8 Å². The molecule has 0 bridgehead atoms. The molecule has 0 fully saturated rings. The summed E-state index contributed by atoms with van der Waals surface area (Å²) in [5, 5.41) is 0. The summed E-state index contributed by atoms with van der Waals surface area (Å²) >= 11 is 0. The van der Waals surface area contributed by atoms with Gasteiger partial charge in [-0.3, -0.25) is 4.79 Å².